The van der Waals surface area contributed by atoms with Crippen molar-refractivity contribution >= 4 is 18.1 Å². The number of para-hydroxylation sites is 1. The molecule has 5 nitrogen and oxygen atoms in total. The summed E-state index contributed by atoms with van der Waals surface area (Å²) in [5.41, 5.74) is 0.497. The lowest BCUT2D eigenvalue weighted by molar-refractivity contribution is 0.163. The van der Waals surface area contributed by atoms with Crippen LogP contribution in [-0.4, -0.2) is 44.7 Å². The third kappa shape index (κ3) is 3.57. The minimum atomic E-state index is -0.428. The van der Waals surface area contributed by atoms with Crippen LogP contribution in [0.15, 0.2) is 30.3 Å². The van der Waals surface area contributed by atoms with Gasteiger partial charge in [-0.05, 0) is 12.1 Å². The summed E-state index contributed by atoms with van der Waals surface area (Å²) in [7, 11) is 3.16. The quantitative estimate of drug-likeness (QED) is 0.722. The third-order valence-corrected chi connectivity index (χ3v) is 2.25. The van der Waals surface area contributed by atoms with Crippen LogP contribution in [0.3, 0.4) is 0 Å². The van der Waals surface area contributed by atoms with Crippen LogP contribution >= 0.6 is 0 Å². The summed E-state index contributed by atoms with van der Waals surface area (Å²) in [4.78, 5) is 25.1. The van der Waals surface area contributed by atoms with Gasteiger partial charge in [-0.2, -0.15) is 0 Å². The number of ether oxygens (including phenoxy) is 1. The van der Waals surface area contributed by atoms with Crippen molar-refractivity contribution in [1.82, 2.24) is 4.90 Å². The van der Waals surface area contributed by atoms with E-state index in [2.05, 4.69) is 0 Å². The molecule has 0 spiro atoms. The monoisotopic (exact) mass is 235 g/mol. The normalized spacial score (nSPS) is 9.76. The number of rotatable bonds is 5. The molecule has 0 N–H and O–H groups in total. The molecule has 0 saturated carbocycles. The van der Waals surface area contributed by atoms with E-state index in [0.717, 1.165) is 4.90 Å². The van der Waals surface area contributed by atoms with Crippen LogP contribution in [-0.2, 0) is 9.53 Å². The molecule has 1 aromatic rings. The highest BCUT2D eigenvalue weighted by molar-refractivity contribution is 6.06. The van der Waals surface area contributed by atoms with E-state index in [4.69, 9.17) is 4.74 Å². The van der Waals surface area contributed by atoms with Gasteiger partial charge in [0.15, 0.2) is 0 Å². The van der Waals surface area contributed by atoms with Gasteiger partial charge < -0.3 is 9.64 Å². The van der Waals surface area contributed by atoms with E-state index in [1.807, 2.05) is 6.07 Å². The van der Waals surface area contributed by atoms with E-state index in [1.54, 1.807) is 44.8 Å². The van der Waals surface area contributed by atoms with Gasteiger partial charge in [0.2, 0.25) is 0 Å². The van der Waals surface area contributed by atoms with Crippen LogP contribution in [0.25, 0.3) is 0 Å². The molecule has 1 radical (unpaired) electrons. The standard InChI is InChI=1S/C12H15N2O3/c1-13(8-9-17-2)12(16)14(10-15)11-6-4-3-5-7-11/h3-7H,8-9H2,1-2H3. The summed E-state index contributed by atoms with van der Waals surface area (Å²) in [5.74, 6) is 0. The lowest BCUT2D eigenvalue weighted by Crippen LogP contribution is -2.41. The van der Waals surface area contributed by atoms with Crippen LogP contribution in [0, 0.1) is 0 Å². The zero-order valence-electron chi connectivity index (χ0n) is 9.92. The van der Waals surface area contributed by atoms with Gasteiger partial charge in [-0.1, -0.05) is 18.2 Å². The lowest BCUT2D eigenvalue weighted by atomic mass is 10.3. The molecule has 0 aliphatic rings. The molecule has 0 heterocycles. The summed E-state index contributed by atoms with van der Waals surface area (Å²) >= 11 is 0. The highest BCUT2D eigenvalue weighted by Gasteiger charge is 2.19. The molecule has 1 rings (SSSR count). The fraction of sp³-hybridized carbons (Fsp3) is 0.333. The van der Waals surface area contributed by atoms with Gasteiger partial charge in [-0.25, -0.2) is 9.69 Å². The first-order chi connectivity index (χ1) is 8.20. The van der Waals surface area contributed by atoms with E-state index in [1.165, 1.54) is 4.90 Å². The van der Waals surface area contributed by atoms with Gasteiger partial charge in [0.1, 0.15) is 0 Å². The molecular weight excluding hydrogens is 220 g/mol. The summed E-state index contributed by atoms with van der Waals surface area (Å²) < 4.78 is 4.87. The van der Waals surface area contributed by atoms with Crippen LogP contribution in [0.5, 0.6) is 0 Å². The van der Waals surface area contributed by atoms with Crippen molar-refractivity contribution < 1.29 is 14.3 Å². The molecule has 0 unspecified atom stereocenters. The Morgan fingerprint density at radius 3 is 2.53 bits per heavy atom. The Bertz CT molecular complexity index is 367. The number of anilines is 1. The summed E-state index contributed by atoms with van der Waals surface area (Å²) in [5, 5.41) is 0. The Labute approximate surface area is 101 Å². The Kier molecular flexibility index (Phi) is 5.16. The summed E-state index contributed by atoms with van der Waals surface area (Å²) in [6, 6.07) is 8.23. The van der Waals surface area contributed by atoms with Gasteiger partial charge in [0.25, 0.3) is 0 Å². The molecule has 91 valence electrons. The minimum Gasteiger partial charge on any atom is -0.383 e. The van der Waals surface area contributed by atoms with Crippen molar-refractivity contribution in [2.45, 2.75) is 0 Å². The zero-order chi connectivity index (χ0) is 12.7. The number of likely N-dealkylation sites (N-methyl/N-ethyl adjacent to an activating group) is 1. The van der Waals surface area contributed by atoms with Gasteiger partial charge in [-0.3, -0.25) is 4.79 Å². The second-order valence-electron chi connectivity index (χ2n) is 3.46. The maximum absolute atomic E-state index is 11.9. The first kappa shape index (κ1) is 13.2. The molecule has 0 aromatic heterocycles. The SMILES string of the molecule is COCCN(C)C(=O)N([C]=O)c1ccccc1. The highest BCUT2D eigenvalue weighted by atomic mass is 16.5. The summed E-state index contributed by atoms with van der Waals surface area (Å²) in [6.07, 6.45) is 1.63. The van der Waals surface area contributed by atoms with E-state index < -0.39 is 6.03 Å². The minimum absolute atomic E-state index is 0.417. The van der Waals surface area contributed by atoms with Crippen molar-refractivity contribution in [2.75, 3.05) is 32.2 Å². The van der Waals surface area contributed by atoms with E-state index in [0.29, 0.717) is 18.8 Å². The topological polar surface area (TPSA) is 49.9 Å². The maximum atomic E-state index is 11.9. The van der Waals surface area contributed by atoms with E-state index in [9.17, 15) is 9.59 Å². The van der Waals surface area contributed by atoms with Crippen LogP contribution < -0.4 is 4.90 Å². The third-order valence-electron chi connectivity index (χ3n) is 2.25. The number of hydrogen-bond acceptors (Lipinski definition) is 3. The number of benzene rings is 1. The molecule has 1 aromatic carbocycles. The Hall–Kier alpha value is -1.88. The number of nitrogens with zero attached hydrogens (tertiary/aromatic N) is 2. The number of methoxy groups -OCH3 is 1. The fourth-order valence-corrected chi connectivity index (χ4v) is 1.27. The number of carbonyl (C=O) groups excluding carboxylic acids is 2. The molecule has 5 heteroatoms. The molecule has 0 bridgehead atoms. The van der Waals surface area contributed by atoms with E-state index in [-0.39, 0.29) is 0 Å². The fourth-order valence-electron chi connectivity index (χ4n) is 1.27. The molecule has 0 atom stereocenters. The molecule has 0 fully saturated rings. The second kappa shape index (κ2) is 6.65. The van der Waals surface area contributed by atoms with E-state index >= 15 is 0 Å². The molecule has 3 amide bonds. The van der Waals surface area contributed by atoms with Crippen molar-refractivity contribution in [3.63, 3.8) is 0 Å². The Morgan fingerprint density at radius 1 is 1.35 bits per heavy atom. The Balaban J connectivity index is 2.74. The number of amides is 3. The number of carbonyl (C=O) groups is 1. The van der Waals surface area contributed by atoms with Gasteiger partial charge >= 0.3 is 12.4 Å². The molecule has 0 saturated heterocycles. The van der Waals surface area contributed by atoms with Gasteiger partial charge in [0.05, 0.1) is 12.3 Å². The average Bonchev–Trinajstić information content (AvgIpc) is 2.38. The van der Waals surface area contributed by atoms with Crippen molar-refractivity contribution in [3.05, 3.63) is 30.3 Å². The van der Waals surface area contributed by atoms with Crippen molar-refractivity contribution in [1.29, 1.82) is 0 Å². The largest absolute Gasteiger partial charge is 0.383 e. The maximum Gasteiger partial charge on any atom is 0.331 e. The van der Waals surface area contributed by atoms with Gasteiger partial charge in [-0.15, -0.1) is 0 Å². The highest BCUT2D eigenvalue weighted by Crippen LogP contribution is 2.12. The second-order valence-corrected chi connectivity index (χ2v) is 3.46. The molecule has 0 aliphatic heterocycles. The van der Waals surface area contributed by atoms with Crippen molar-refractivity contribution in [2.24, 2.45) is 0 Å². The number of urea groups is 1. The van der Waals surface area contributed by atoms with Crippen LogP contribution in [0.2, 0.25) is 0 Å². The van der Waals surface area contributed by atoms with Gasteiger partial charge in [0, 0.05) is 20.7 Å². The smallest absolute Gasteiger partial charge is 0.331 e. The predicted molar refractivity (Wildman–Crippen MR) is 64.5 cm³/mol. The van der Waals surface area contributed by atoms with Crippen LogP contribution in [0.1, 0.15) is 0 Å². The molecule has 0 aliphatic carbocycles. The first-order valence-corrected chi connectivity index (χ1v) is 5.17. The lowest BCUT2D eigenvalue weighted by Gasteiger charge is -2.22. The summed E-state index contributed by atoms with van der Waals surface area (Å²) in [6.45, 7) is 0.837. The Morgan fingerprint density at radius 2 is 2.00 bits per heavy atom. The molecular formula is C12H15N2O3. The van der Waals surface area contributed by atoms with Crippen LogP contribution in [0.4, 0.5) is 10.5 Å². The first-order valence-electron chi connectivity index (χ1n) is 5.17. The van der Waals surface area contributed by atoms with Crippen molar-refractivity contribution in [3.8, 4) is 0 Å². The molecule has 17 heavy (non-hydrogen) atoms. The number of imide groups is 1. The predicted octanol–water partition coefficient (Wildman–Crippen LogP) is 1.26. The zero-order valence-corrected chi connectivity index (χ0v) is 9.92. The number of hydrogen-bond donors (Lipinski definition) is 0. The average molecular weight is 235 g/mol.